The molecule has 0 saturated heterocycles. The van der Waals surface area contributed by atoms with Crippen molar-refractivity contribution in [3.63, 3.8) is 0 Å². The maximum absolute atomic E-state index is 13.6. The van der Waals surface area contributed by atoms with E-state index in [-0.39, 0.29) is 18.0 Å². The molecule has 38 heavy (non-hydrogen) atoms. The molecule has 0 aliphatic rings. The lowest BCUT2D eigenvalue weighted by Gasteiger charge is -2.16. The molecule has 0 aliphatic heterocycles. The van der Waals surface area contributed by atoms with Crippen LogP contribution in [0.15, 0.2) is 73.1 Å². The Bertz CT molecular complexity index is 1670. The summed E-state index contributed by atoms with van der Waals surface area (Å²) in [5.74, 6) is -1.38. The van der Waals surface area contributed by atoms with Gasteiger partial charge in [-0.1, -0.05) is 24.3 Å². The molecule has 2 heterocycles. The third-order valence-corrected chi connectivity index (χ3v) is 6.51. The summed E-state index contributed by atoms with van der Waals surface area (Å²) in [6.07, 6.45) is -0.812. The van der Waals surface area contributed by atoms with Crippen molar-refractivity contribution in [3.8, 4) is 0 Å². The molecule has 0 bridgehead atoms. The molecule has 2 aromatic heterocycles. The number of hydrogen-bond acceptors (Lipinski definition) is 3. The Labute approximate surface area is 215 Å². The molecule has 10 heteroatoms. The highest BCUT2D eigenvalue weighted by Crippen LogP contribution is 2.32. The highest BCUT2D eigenvalue weighted by molar-refractivity contribution is 6.15. The standard InChI is InChI=1S/C28H23F3N4O3/c1-16(18-5-7-19(8-6-18)27(37)38)32-26(36)23-13-20-15-34(2)33-24(20)22-11-12-35(25(22)23)14-17-3-9-21(10-4-17)28(29,30)31/h3-13,15-16H,14H2,1-2H3,(H,32,36)(H,37,38)/t16-/m0/s1. The average molecular weight is 521 g/mol. The summed E-state index contributed by atoms with van der Waals surface area (Å²) in [4.78, 5) is 24.7. The van der Waals surface area contributed by atoms with Crippen LogP contribution >= 0.6 is 0 Å². The Kier molecular flexibility index (Phi) is 6.18. The number of fused-ring (bicyclic) bond motifs is 3. The largest absolute Gasteiger partial charge is 0.478 e. The number of hydrogen-bond donors (Lipinski definition) is 2. The summed E-state index contributed by atoms with van der Waals surface area (Å²) >= 11 is 0. The third-order valence-electron chi connectivity index (χ3n) is 6.51. The molecule has 194 valence electrons. The summed E-state index contributed by atoms with van der Waals surface area (Å²) in [5.41, 5.74) is 2.53. The molecule has 5 rings (SSSR count). The molecule has 0 fully saturated rings. The summed E-state index contributed by atoms with van der Waals surface area (Å²) < 4.78 is 42.5. The van der Waals surface area contributed by atoms with Crippen molar-refractivity contribution in [3.05, 3.63) is 101 Å². The van der Waals surface area contributed by atoms with Crippen LogP contribution in [0.3, 0.4) is 0 Å². The van der Waals surface area contributed by atoms with Crippen molar-refractivity contribution in [1.82, 2.24) is 19.7 Å². The number of amides is 1. The fourth-order valence-corrected chi connectivity index (χ4v) is 4.58. The summed E-state index contributed by atoms with van der Waals surface area (Å²) in [6, 6.07) is 14.4. The van der Waals surface area contributed by atoms with Gasteiger partial charge in [-0.3, -0.25) is 9.48 Å². The van der Waals surface area contributed by atoms with E-state index < -0.39 is 23.8 Å². The number of nitrogens with zero attached hydrogens (tertiary/aromatic N) is 3. The predicted molar refractivity (Wildman–Crippen MR) is 136 cm³/mol. The van der Waals surface area contributed by atoms with E-state index in [2.05, 4.69) is 10.4 Å². The second kappa shape index (κ2) is 9.37. The molecule has 0 aliphatic carbocycles. The zero-order valence-electron chi connectivity index (χ0n) is 20.5. The van der Waals surface area contributed by atoms with Crippen LogP contribution in [-0.4, -0.2) is 31.3 Å². The minimum absolute atomic E-state index is 0.150. The minimum atomic E-state index is -4.42. The van der Waals surface area contributed by atoms with E-state index in [1.165, 1.54) is 24.3 Å². The molecule has 7 nitrogen and oxygen atoms in total. The normalized spacial score (nSPS) is 12.7. The highest BCUT2D eigenvalue weighted by Gasteiger charge is 2.30. The van der Waals surface area contributed by atoms with Crippen LogP contribution in [0.5, 0.6) is 0 Å². The summed E-state index contributed by atoms with van der Waals surface area (Å²) in [5, 5.41) is 18.2. The van der Waals surface area contributed by atoms with E-state index in [0.29, 0.717) is 22.2 Å². The van der Waals surface area contributed by atoms with Gasteiger partial charge in [0.15, 0.2) is 0 Å². The van der Waals surface area contributed by atoms with Crippen molar-refractivity contribution < 1.29 is 27.9 Å². The maximum atomic E-state index is 13.6. The quantitative estimate of drug-likeness (QED) is 0.297. The molecule has 0 saturated carbocycles. The lowest BCUT2D eigenvalue weighted by Crippen LogP contribution is -2.27. The van der Waals surface area contributed by atoms with Gasteiger partial charge in [0.05, 0.1) is 28.2 Å². The van der Waals surface area contributed by atoms with Gasteiger partial charge in [-0.2, -0.15) is 18.3 Å². The van der Waals surface area contributed by atoms with Crippen molar-refractivity contribution in [2.45, 2.75) is 25.7 Å². The van der Waals surface area contributed by atoms with Crippen LogP contribution in [0.2, 0.25) is 0 Å². The number of aromatic nitrogens is 3. The monoisotopic (exact) mass is 520 g/mol. The first-order chi connectivity index (χ1) is 18.0. The minimum Gasteiger partial charge on any atom is -0.478 e. The highest BCUT2D eigenvalue weighted by atomic mass is 19.4. The Morgan fingerprint density at radius 2 is 1.74 bits per heavy atom. The number of nitrogens with one attached hydrogen (secondary N) is 1. The maximum Gasteiger partial charge on any atom is 0.416 e. The van der Waals surface area contributed by atoms with Crippen LogP contribution < -0.4 is 5.32 Å². The van der Waals surface area contributed by atoms with Gasteiger partial charge >= 0.3 is 12.1 Å². The van der Waals surface area contributed by atoms with Crippen LogP contribution in [0.4, 0.5) is 13.2 Å². The number of halogens is 3. The molecule has 3 aromatic carbocycles. The van der Waals surface area contributed by atoms with Gasteiger partial charge in [0.2, 0.25) is 0 Å². The van der Waals surface area contributed by atoms with Gasteiger partial charge in [-0.25, -0.2) is 4.79 Å². The topological polar surface area (TPSA) is 89.2 Å². The van der Waals surface area contributed by atoms with E-state index in [1.54, 1.807) is 43.0 Å². The van der Waals surface area contributed by atoms with Crippen molar-refractivity contribution in [2.24, 2.45) is 7.05 Å². The Hall–Kier alpha value is -4.60. The molecule has 0 unspecified atom stereocenters. The number of benzene rings is 3. The Morgan fingerprint density at radius 3 is 2.37 bits per heavy atom. The molecule has 1 atom stereocenters. The number of carboxylic acid groups (broad SMARTS) is 1. The van der Waals surface area contributed by atoms with Gasteiger partial charge in [-0.05, 0) is 54.4 Å². The molecular formula is C28H23F3N4O3. The van der Waals surface area contributed by atoms with Gasteiger partial charge in [0.25, 0.3) is 5.91 Å². The second-order valence-electron chi connectivity index (χ2n) is 9.19. The Morgan fingerprint density at radius 1 is 1.05 bits per heavy atom. The predicted octanol–water partition coefficient (Wildman–Crippen LogP) is 5.78. The first-order valence-corrected chi connectivity index (χ1v) is 11.8. The van der Waals surface area contributed by atoms with Crippen LogP contribution in [-0.2, 0) is 19.8 Å². The van der Waals surface area contributed by atoms with Gasteiger partial charge in [0, 0.05) is 36.8 Å². The molecule has 0 spiro atoms. The smallest absolute Gasteiger partial charge is 0.416 e. The molecule has 2 N–H and O–H groups in total. The second-order valence-corrected chi connectivity index (χ2v) is 9.19. The molecule has 0 radical (unpaired) electrons. The molecule has 1 amide bonds. The van der Waals surface area contributed by atoms with E-state index in [9.17, 15) is 22.8 Å². The summed E-state index contributed by atoms with van der Waals surface area (Å²) in [6.45, 7) is 2.06. The van der Waals surface area contributed by atoms with Crippen LogP contribution in [0.1, 0.15) is 50.4 Å². The number of carboxylic acids is 1. The van der Waals surface area contributed by atoms with E-state index in [4.69, 9.17) is 5.11 Å². The van der Waals surface area contributed by atoms with Crippen molar-refractivity contribution >= 4 is 33.7 Å². The number of aromatic carboxylic acids is 1. The number of carbonyl (C=O) groups is 2. The van der Waals surface area contributed by atoms with Gasteiger partial charge < -0.3 is 15.0 Å². The van der Waals surface area contributed by atoms with E-state index in [0.717, 1.165) is 28.5 Å². The first kappa shape index (κ1) is 25.1. The van der Waals surface area contributed by atoms with Crippen LogP contribution in [0.25, 0.3) is 21.8 Å². The number of aryl methyl sites for hydroxylation is 1. The zero-order chi connectivity index (χ0) is 27.2. The van der Waals surface area contributed by atoms with E-state index in [1.807, 2.05) is 16.8 Å². The van der Waals surface area contributed by atoms with E-state index >= 15 is 0 Å². The average Bonchev–Trinajstić information content (AvgIpc) is 3.46. The van der Waals surface area contributed by atoms with Crippen LogP contribution in [0, 0.1) is 0 Å². The summed E-state index contributed by atoms with van der Waals surface area (Å²) in [7, 11) is 1.79. The lowest BCUT2D eigenvalue weighted by atomic mass is 10.0. The molecule has 5 aromatic rings. The first-order valence-electron chi connectivity index (χ1n) is 11.8. The number of alkyl halides is 3. The van der Waals surface area contributed by atoms with Crippen molar-refractivity contribution in [1.29, 1.82) is 0 Å². The number of rotatable bonds is 6. The van der Waals surface area contributed by atoms with Gasteiger partial charge in [0.1, 0.15) is 5.52 Å². The van der Waals surface area contributed by atoms with Crippen molar-refractivity contribution in [2.75, 3.05) is 0 Å². The SMILES string of the molecule is C[C@H](NC(=O)c1cc2cn(C)nc2c2ccn(Cc3ccc(C(F)(F)F)cc3)c12)c1ccc(C(=O)O)cc1. The lowest BCUT2D eigenvalue weighted by molar-refractivity contribution is -0.137. The number of carbonyl (C=O) groups excluding carboxylic acids is 1. The zero-order valence-corrected chi connectivity index (χ0v) is 20.5. The fourth-order valence-electron chi connectivity index (χ4n) is 4.58. The molecular weight excluding hydrogens is 497 g/mol. The fraction of sp³-hybridized carbons (Fsp3) is 0.179. The Balaban J connectivity index is 1.51. The van der Waals surface area contributed by atoms with Gasteiger partial charge in [-0.15, -0.1) is 0 Å². The third kappa shape index (κ3) is 4.72.